The fourth-order valence-corrected chi connectivity index (χ4v) is 3.60. The minimum Gasteiger partial charge on any atom is -0.496 e. The Morgan fingerprint density at radius 3 is 2.65 bits per heavy atom. The maximum atomic E-state index is 13.1. The highest BCUT2D eigenvalue weighted by molar-refractivity contribution is 5.91. The third-order valence-electron chi connectivity index (χ3n) is 5.30. The maximum absolute atomic E-state index is 13.1. The molecule has 8 nitrogen and oxygen atoms in total. The number of H-pyrrole nitrogens is 1. The lowest BCUT2D eigenvalue weighted by atomic mass is 10.1. The number of carbonyl (C=O) groups is 1. The van der Waals surface area contributed by atoms with Gasteiger partial charge in [-0.3, -0.25) is 15.2 Å². The first-order valence-electron chi connectivity index (χ1n) is 10.3. The molecule has 0 unspecified atom stereocenters. The fraction of sp³-hybridized carbons (Fsp3) is 0.217. The van der Waals surface area contributed by atoms with Crippen molar-refractivity contribution in [2.45, 2.75) is 26.4 Å². The molecule has 4 rings (SSSR count). The third-order valence-corrected chi connectivity index (χ3v) is 5.30. The van der Waals surface area contributed by atoms with Crippen LogP contribution in [0.15, 0.2) is 48.5 Å². The van der Waals surface area contributed by atoms with Crippen LogP contribution in [-0.2, 0) is 17.4 Å². The number of halogens is 3. The highest BCUT2D eigenvalue weighted by Crippen LogP contribution is 2.31. The van der Waals surface area contributed by atoms with Crippen LogP contribution in [0.4, 0.5) is 19.1 Å². The van der Waals surface area contributed by atoms with Crippen LogP contribution in [0.5, 0.6) is 5.75 Å². The Morgan fingerprint density at radius 1 is 1.15 bits per heavy atom. The molecule has 2 aromatic carbocycles. The van der Waals surface area contributed by atoms with Crippen LogP contribution in [0, 0.1) is 13.8 Å². The molecule has 11 heteroatoms. The van der Waals surface area contributed by atoms with E-state index < -0.39 is 11.7 Å². The van der Waals surface area contributed by atoms with Crippen molar-refractivity contribution in [2.24, 2.45) is 0 Å². The average molecular weight is 470 g/mol. The van der Waals surface area contributed by atoms with E-state index in [4.69, 9.17) is 4.74 Å². The number of hydrogen-bond donors (Lipinski definition) is 2. The molecule has 34 heavy (non-hydrogen) atoms. The number of aromatic amines is 1. The number of alkyl halides is 3. The van der Waals surface area contributed by atoms with E-state index in [1.165, 1.54) is 16.8 Å². The molecule has 0 fully saturated rings. The van der Waals surface area contributed by atoms with Gasteiger partial charge in [0.25, 0.3) is 0 Å². The highest BCUT2D eigenvalue weighted by Gasteiger charge is 2.31. The Morgan fingerprint density at radius 2 is 1.91 bits per heavy atom. The molecule has 1 amide bonds. The van der Waals surface area contributed by atoms with Crippen LogP contribution in [0.2, 0.25) is 0 Å². The predicted molar refractivity (Wildman–Crippen MR) is 119 cm³/mol. The Kier molecular flexibility index (Phi) is 6.10. The minimum atomic E-state index is -4.46. The van der Waals surface area contributed by atoms with Gasteiger partial charge in [-0.25, -0.2) is 4.68 Å². The van der Waals surface area contributed by atoms with Crippen molar-refractivity contribution in [3.05, 3.63) is 71.0 Å². The summed E-state index contributed by atoms with van der Waals surface area (Å²) in [5.41, 5.74) is 1.89. The molecule has 0 aliphatic carbocycles. The summed E-state index contributed by atoms with van der Waals surface area (Å²) >= 11 is 0. The van der Waals surface area contributed by atoms with Crippen LogP contribution >= 0.6 is 0 Å². The van der Waals surface area contributed by atoms with Gasteiger partial charge in [0.2, 0.25) is 11.9 Å². The van der Waals surface area contributed by atoms with Crippen molar-refractivity contribution in [3.8, 4) is 22.8 Å². The van der Waals surface area contributed by atoms with Crippen LogP contribution in [-0.4, -0.2) is 38.0 Å². The number of rotatable bonds is 6. The van der Waals surface area contributed by atoms with Gasteiger partial charge in [-0.2, -0.15) is 23.3 Å². The largest absolute Gasteiger partial charge is 0.496 e. The minimum absolute atomic E-state index is 0.0465. The summed E-state index contributed by atoms with van der Waals surface area (Å²) in [6, 6.07) is 12.1. The molecule has 2 heterocycles. The van der Waals surface area contributed by atoms with E-state index in [1.54, 1.807) is 33.1 Å². The number of aryl methyl sites for hydroxylation is 1. The summed E-state index contributed by atoms with van der Waals surface area (Å²) in [6.07, 6.45) is -4.51. The number of carbonyl (C=O) groups excluding carboxylic acids is 1. The van der Waals surface area contributed by atoms with Gasteiger partial charge in [-0.1, -0.05) is 18.2 Å². The third kappa shape index (κ3) is 4.63. The fourth-order valence-electron chi connectivity index (χ4n) is 3.60. The lowest BCUT2D eigenvalue weighted by Crippen LogP contribution is -2.16. The summed E-state index contributed by atoms with van der Waals surface area (Å²) in [4.78, 5) is 17.0. The van der Waals surface area contributed by atoms with E-state index in [0.717, 1.165) is 12.1 Å². The lowest BCUT2D eigenvalue weighted by Gasteiger charge is -2.10. The summed E-state index contributed by atoms with van der Waals surface area (Å²) in [7, 11) is 1.54. The topological polar surface area (TPSA) is 97.7 Å². The van der Waals surface area contributed by atoms with E-state index in [9.17, 15) is 18.0 Å². The van der Waals surface area contributed by atoms with E-state index in [-0.39, 0.29) is 24.0 Å². The monoisotopic (exact) mass is 470 g/mol. The second-order valence-electron chi connectivity index (χ2n) is 7.54. The van der Waals surface area contributed by atoms with E-state index in [1.807, 2.05) is 12.1 Å². The summed E-state index contributed by atoms with van der Waals surface area (Å²) in [6.45, 7) is 3.40. The molecule has 0 aliphatic heterocycles. The van der Waals surface area contributed by atoms with Gasteiger partial charge < -0.3 is 4.74 Å². The lowest BCUT2D eigenvalue weighted by molar-refractivity contribution is -0.137. The van der Waals surface area contributed by atoms with Crippen LogP contribution in [0.3, 0.4) is 0 Å². The number of aromatic nitrogens is 5. The molecule has 0 bridgehead atoms. The van der Waals surface area contributed by atoms with Gasteiger partial charge in [0, 0.05) is 11.3 Å². The number of benzene rings is 2. The zero-order chi connectivity index (χ0) is 24.5. The number of hydrogen-bond acceptors (Lipinski definition) is 5. The molecule has 4 aromatic rings. The number of methoxy groups -OCH3 is 1. The van der Waals surface area contributed by atoms with E-state index in [0.29, 0.717) is 34.1 Å². The Labute approximate surface area is 192 Å². The number of ether oxygens (including phenoxy) is 1. The number of nitrogens with one attached hydrogen (secondary N) is 2. The molecule has 176 valence electrons. The molecule has 0 aliphatic rings. The molecular formula is C23H21F3N6O2. The molecule has 0 saturated heterocycles. The zero-order valence-electron chi connectivity index (χ0n) is 18.6. The quantitative estimate of drug-likeness (QED) is 0.433. The SMILES string of the molecule is COc1ccccc1-c1nc(NC(=O)Cc2c(C)nn(-c3cccc(C(F)(F)F)c3)c2C)n[nH]1. The summed E-state index contributed by atoms with van der Waals surface area (Å²) < 4.78 is 46.0. The first-order valence-corrected chi connectivity index (χ1v) is 10.3. The zero-order valence-corrected chi connectivity index (χ0v) is 18.6. The Bertz CT molecular complexity index is 1340. The molecule has 0 radical (unpaired) electrons. The molecule has 0 saturated carbocycles. The van der Waals surface area contributed by atoms with Crippen molar-refractivity contribution >= 4 is 11.9 Å². The van der Waals surface area contributed by atoms with Crippen LogP contribution in [0.25, 0.3) is 17.1 Å². The highest BCUT2D eigenvalue weighted by atomic mass is 19.4. The second kappa shape index (κ2) is 9.00. The van der Waals surface area contributed by atoms with Crippen molar-refractivity contribution in [3.63, 3.8) is 0 Å². The van der Waals surface area contributed by atoms with Gasteiger partial charge in [0.1, 0.15) is 5.75 Å². The van der Waals surface area contributed by atoms with Crippen molar-refractivity contribution in [1.82, 2.24) is 25.0 Å². The van der Waals surface area contributed by atoms with Gasteiger partial charge in [-0.15, -0.1) is 5.10 Å². The van der Waals surface area contributed by atoms with Gasteiger partial charge >= 0.3 is 6.18 Å². The molecular weight excluding hydrogens is 449 g/mol. The van der Waals surface area contributed by atoms with Gasteiger partial charge in [-0.05, 0) is 44.2 Å². The van der Waals surface area contributed by atoms with Crippen LogP contribution in [0.1, 0.15) is 22.5 Å². The first kappa shape index (κ1) is 23.0. The number of amides is 1. The number of nitrogens with zero attached hydrogens (tertiary/aromatic N) is 4. The van der Waals surface area contributed by atoms with Crippen molar-refractivity contribution in [1.29, 1.82) is 0 Å². The normalized spacial score (nSPS) is 11.5. The second-order valence-corrected chi connectivity index (χ2v) is 7.54. The molecule has 2 N–H and O–H groups in total. The summed E-state index contributed by atoms with van der Waals surface area (Å²) in [5, 5.41) is 13.8. The predicted octanol–water partition coefficient (Wildman–Crippen LogP) is 4.48. The average Bonchev–Trinajstić information content (AvgIpc) is 3.38. The molecule has 0 spiro atoms. The number of anilines is 1. The first-order chi connectivity index (χ1) is 16.2. The summed E-state index contributed by atoms with van der Waals surface area (Å²) in [5.74, 6) is 0.731. The van der Waals surface area contributed by atoms with Gasteiger partial charge in [0.15, 0.2) is 5.82 Å². The number of para-hydroxylation sites is 1. The standard InChI is InChI=1S/C23H21F3N6O2/c1-13-18(14(2)32(31-13)16-8-6-7-15(11-16)23(24,25)26)12-20(33)27-22-28-21(29-30-22)17-9-4-5-10-19(17)34-3/h4-11H,12H2,1-3H3,(H2,27,28,29,30,33). The van der Waals surface area contributed by atoms with Crippen molar-refractivity contribution < 1.29 is 22.7 Å². The Hall–Kier alpha value is -4.15. The maximum Gasteiger partial charge on any atom is 0.416 e. The molecule has 0 atom stereocenters. The Balaban J connectivity index is 1.52. The smallest absolute Gasteiger partial charge is 0.416 e. The van der Waals surface area contributed by atoms with Gasteiger partial charge in [0.05, 0.1) is 36.0 Å². The van der Waals surface area contributed by atoms with E-state index in [2.05, 4.69) is 25.6 Å². The molecule has 2 aromatic heterocycles. The van der Waals surface area contributed by atoms with Crippen LogP contribution < -0.4 is 10.1 Å². The van der Waals surface area contributed by atoms with E-state index >= 15 is 0 Å². The van der Waals surface area contributed by atoms with Crippen molar-refractivity contribution in [2.75, 3.05) is 12.4 Å².